The summed E-state index contributed by atoms with van der Waals surface area (Å²) >= 11 is 0. The van der Waals surface area contributed by atoms with Crippen molar-refractivity contribution in [3.63, 3.8) is 0 Å². The minimum Gasteiger partial charge on any atom is -0.495 e. The third-order valence-corrected chi connectivity index (χ3v) is 7.47. The lowest BCUT2D eigenvalue weighted by Crippen LogP contribution is -1.97. The van der Waals surface area contributed by atoms with Gasteiger partial charge in [0.2, 0.25) is 0 Å². The topological polar surface area (TPSA) is 203 Å². The fourth-order valence-corrected chi connectivity index (χ4v) is 4.80. The van der Waals surface area contributed by atoms with E-state index >= 15 is 0 Å². The monoisotopic (exact) mass is 585 g/mol. The molecule has 0 aliphatic heterocycles. The molecule has 0 aliphatic rings. The smallest absolute Gasteiger partial charge is 0.294 e. The van der Waals surface area contributed by atoms with Gasteiger partial charge < -0.3 is 15.2 Å². The minimum absolute atomic E-state index is 0.242. The van der Waals surface area contributed by atoms with Crippen LogP contribution in [0.5, 0.6) is 11.5 Å². The van der Waals surface area contributed by atoms with Gasteiger partial charge in [-0.3, -0.25) is 9.11 Å². The number of ether oxygens (including phenoxy) is 2. The van der Waals surface area contributed by atoms with Gasteiger partial charge in [-0.15, -0.1) is 15.3 Å². The Bertz CT molecular complexity index is 1910. The minimum atomic E-state index is -4.54. The molecular formula is C25H23N5O8S2. The number of nitrogen functional groups attached to an aromatic ring is 1. The molecular weight excluding hydrogens is 562 g/mol. The molecule has 40 heavy (non-hydrogen) atoms. The highest BCUT2D eigenvalue weighted by atomic mass is 32.2. The van der Waals surface area contributed by atoms with E-state index < -0.39 is 20.2 Å². The number of methoxy groups -OCH3 is 2. The number of rotatable bonds is 8. The SMILES string of the molecule is COc1cc(N=Nc2ccc(N=Nc3ccc(S(=O)(=O)O)cc3C)c3ccc(S(=O)(=O)O)cc23)c(OC)cc1N. The van der Waals surface area contributed by atoms with E-state index in [1.165, 1.54) is 68.8 Å². The number of nitrogens with two attached hydrogens (primary N) is 1. The van der Waals surface area contributed by atoms with E-state index in [9.17, 15) is 25.9 Å². The Morgan fingerprint density at radius 1 is 0.625 bits per heavy atom. The van der Waals surface area contributed by atoms with E-state index in [2.05, 4.69) is 20.5 Å². The van der Waals surface area contributed by atoms with Crippen LogP contribution >= 0.6 is 0 Å². The first-order chi connectivity index (χ1) is 18.8. The third-order valence-electron chi connectivity index (χ3n) is 5.77. The summed E-state index contributed by atoms with van der Waals surface area (Å²) in [5.74, 6) is 0.676. The average molecular weight is 586 g/mol. The fraction of sp³-hybridized carbons (Fsp3) is 0.120. The number of aryl methyl sites for hydroxylation is 1. The zero-order chi connectivity index (χ0) is 29.2. The molecule has 0 aliphatic carbocycles. The van der Waals surface area contributed by atoms with Crippen molar-refractivity contribution in [3.05, 3.63) is 66.2 Å². The Labute approximate surface area is 229 Å². The highest BCUT2D eigenvalue weighted by Crippen LogP contribution is 2.40. The van der Waals surface area contributed by atoms with Gasteiger partial charge in [0.25, 0.3) is 20.2 Å². The molecule has 0 heterocycles. The van der Waals surface area contributed by atoms with Crippen LogP contribution in [0.1, 0.15) is 5.56 Å². The third kappa shape index (κ3) is 6.07. The van der Waals surface area contributed by atoms with Crippen LogP contribution in [-0.4, -0.2) is 40.2 Å². The van der Waals surface area contributed by atoms with Gasteiger partial charge in [-0.25, -0.2) is 0 Å². The molecule has 0 atom stereocenters. The van der Waals surface area contributed by atoms with E-state index in [0.29, 0.717) is 45.2 Å². The first kappa shape index (κ1) is 28.6. The van der Waals surface area contributed by atoms with Crippen LogP contribution in [0.3, 0.4) is 0 Å². The van der Waals surface area contributed by atoms with Crippen LogP contribution in [0.15, 0.2) is 90.9 Å². The summed E-state index contributed by atoms with van der Waals surface area (Å²) in [5.41, 5.74) is 7.89. The Morgan fingerprint density at radius 2 is 1.12 bits per heavy atom. The Kier molecular flexibility index (Phi) is 7.84. The summed E-state index contributed by atoms with van der Waals surface area (Å²) in [7, 11) is -6.03. The van der Waals surface area contributed by atoms with Crippen LogP contribution in [0.25, 0.3) is 10.8 Å². The van der Waals surface area contributed by atoms with Gasteiger partial charge in [-0.1, -0.05) is 6.07 Å². The summed E-state index contributed by atoms with van der Waals surface area (Å²) in [6.07, 6.45) is 0. The Hall–Kier alpha value is -4.44. The molecule has 0 bridgehead atoms. The van der Waals surface area contributed by atoms with Crippen molar-refractivity contribution >= 4 is 59.4 Å². The molecule has 0 saturated heterocycles. The lowest BCUT2D eigenvalue weighted by Gasteiger charge is -2.10. The maximum atomic E-state index is 11.8. The summed E-state index contributed by atoms with van der Waals surface area (Å²) < 4.78 is 75.8. The average Bonchev–Trinajstić information content (AvgIpc) is 2.90. The predicted molar refractivity (Wildman–Crippen MR) is 147 cm³/mol. The molecule has 0 saturated carbocycles. The standard InChI is InChI=1S/C25H23N5O8S2/c1-14-10-15(39(31,32)33)5-7-20(14)27-28-21-8-9-22(18-11-16(40(34,35)36)4-6-17(18)21)29-30-23-13-24(37-2)19(26)12-25(23)38-3/h4-13H,26H2,1-3H3,(H,31,32,33)(H,34,35,36). The molecule has 4 rings (SSSR count). The number of benzene rings is 4. The molecule has 4 aromatic rings. The van der Waals surface area contributed by atoms with Crippen LogP contribution in [-0.2, 0) is 20.2 Å². The number of azo groups is 2. The molecule has 13 nitrogen and oxygen atoms in total. The molecule has 0 radical (unpaired) electrons. The summed E-state index contributed by atoms with van der Waals surface area (Å²) in [6, 6.07) is 13.9. The number of hydrogen-bond acceptors (Lipinski definition) is 11. The number of anilines is 1. The molecule has 4 aromatic carbocycles. The fourth-order valence-electron chi connectivity index (χ4n) is 3.73. The van der Waals surface area contributed by atoms with Gasteiger partial charge in [-0.05, 0) is 55.0 Å². The first-order valence-electron chi connectivity index (χ1n) is 11.3. The van der Waals surface area contributed by atoms with Crippen molar-refractivity contribution in [2.75, 3.05) is 20.0 Å². The molecule has 0 unspecified atom stereocenters. The van der Waals surface area contributed by atoms with E-state index in [-0.39, 0.29) is 20.9 Å². The van der Waals surface area contributed by atoms with Crippen LogP contribution in [0.4, 0.5) is 28.4 Å². The van der Waals surface area contributed by atoms with E-state index in [4.69, 9.17) is 15.2 Å². The summed E-state index contributed by atoms with van der Waals surface area (Å²) in [5, 5.41) is 17.6. The summed E-state index contributed by atoms with van der Waals surface area (Å²) in [4.78, 5) is -0.647. The van der Waals surface area contributed by atoms with Crippen LogP contribution in [0, 0.1) is 6.92 Å². The van der Waals surface area contributed by atoms with Gasteiger partial charge in [0, 0.05) is 22.9 Å². The lowest BCUT2D eigenvalue weighted by atomic mass is 10.1. The van der Waals surface area contributed by atoms with Crippen molar-refractivity contribution < 1.29 is 35.4 Å². The van der Waals surface area contributed by atoms with Crippen molar-refractivity contribution in [2.24, 2.45) is 20.5 Å². The second-order valence-corrected chi connectivity index (χ2v) is 11.2. The van der Waals surface area contributed by atoms with Gasteiger partial charge >= 0.3 is 0 Å². The number of fused-ring (bicyclic) bond motifs is 1. The van der Waals surface area contributed by atoms with Crippen molar-refractivity contribution in [3.8, 4) is 11.5 Å². The molecule has 0 fully saturated rings. The Morgan fingerprint density at radius 3 is 1.70 bits per heavy atom. The molecule has 208 valence electrons. The molecule has 15 heteroatoms. The summed E-state index contributed by atoms with van der Waals surface area (Å²) in [6.45, 7) is 1.60. The van der Waals surface area contributed by atoms with Crippen LogP contribution in [0.2, 0.25) is 0 Å². The highest BCUT2D eigenvalue weighted by molar-refractivity contribution is 7.86. The Balaban J connectivity index is 1.83. The normalized spacial score (nSPS) is 12.4. The molecule has 0 spiro atoms. The molecule has 0 aromatic heterocycles. The zero-order valence-electron chi connectivity index (χ0n) is 21.3. The second-order valence-electron chi connectivity index (χ2n) is 8.38. The van der Waals surface area contributed by atoms with Crippen molar-refractivity contribution in [1.82, 2.24) is 0 Å². The van der Waals surface area contributed by atoms with Crippen molar-refractivity contribution in [2.45, 2.75) is 16.7 Å². The van der Waals surface area contributed by atoms with E-state index in [1.54, 1.807) is 13.0 Å². The zero-order valence-corrected chi connectivity index (χ0v) is 22.9. The van der Waals surface area contributed by atoms with Gasteiger partial charge in [0.05, 0.1) is 46.8 Å². The quantitative estimate of drug-likeness (QED) is 0.124. The highest BCUT2D eigenvalue weighted by Gasteiger charge is 2.15. The molecule has 4 N–H and O–H groups in total. The van der Waals surface area contributed by atoms with E-state index in [1.807, 2.05) is 0 Å². The lowest BCUT2D eigenvalue weighted by molar-refractivity contribution is 0.406. The first-order valence-corrected chi connectivity index (χ1v) is 14.2. The van der Waals surface area contributed by atoms with Crippen molar-refractivity contribution in [1.29, 1.82) is 0 Å². The largest absolute Gasteiger partial charge is 0.495 e. The number of hydrogen-bond donors (Lipinski definition) is 3. The second kappa shape index (κ2) is 11.0. The van der Waals surface area contributed by atoms with Gasteiger partial charge in [-0.2, -0.15) is 21.9 Å². The number of nitrogens with zero attached hydrogens (tertiary/aromatic N) is 4. The van der Waals surface area contributed by atoms with E-state index in [0.717, 1.165) is 0 Å². The predicted octanol–water partition coefficient (Wildman–Crippen LogP) is 6.07. The maximum absolute atomic E-state index is 11.8. The van der Waals surface area contributed by atoms with Gasteiger partial charge in [0.1, 0.15) is 17.2 Å². The maximum Gasteiger partial charge on any atom is 0.294 e. The van der Waals surface area contributed by atoms with Gasteiger partial charge in [0.15, 0.2) is 0 Å². The van der Waals surface area contributed by atoms with Crippen LogP contribution < -0.4 is 15.2 Å². The molecule has 0 amide bonds.